The van der Waals surface area contributed by atoms with E-state index < -0.39 is 0 Å². The molecule has 26 heavy (non-hydrogen) atoms. The van der Waals surface area contributed by atoms with Crippen LogP contribution in [0.15, 0.2) is 30.6 Å². The van der Waals surface area contributed by atoms with Crippen LogP contribution >= 0.6 is 0 Å². The number of ether oxygens (including phenoxy) is 1. The molecule has 2 heterocycles. The summed E-state index contributed by atoms with van der Waals surface area (Å²) in [5.41, 5.74) is 3.59. The summed E-state index contributed by atoms with van der Waals surface area (Å²) in [7, 11) is 0. The molecule has 0 aliphatic heterocycles. The SMILES string of the molecule is O=C(NCc1ccc(COc2n[nH]c3nc[nH]c23)cc1)C1CCCCC1. The van der Waals surface area contributed by atoms with Crippen LogP contribution in [0, 0.1) is 5.92 Å². The maximum atomic E-state index is 12.2. The van der Waals surface area contributed by atoms with Gasteiger partial charge < -0.3 is 15.0 Å². The van der Waals surface area contributed by atoms with Crippen LogP contribution in [0.25, 0.3) is 11.2 Å². The lowest BCUT2D eigenvalue weighted by Gasteiger charge is -2.20. The number of aromatic nitrogens is 4. The minimum Gasteiger partial charge on any atom is -0.470 e. The highest BCUT2D eigenvalue weighted by molar-refractivity contribution is 5.78. The lowest BCUT2D eigenvalue weighted by atomic mass is 9.88. The number of amides is 1. The molecule has 0 saturated heterocycles. The molecule has 0 unspecified atom stereocenters. The van der Waals surface area contributed by atoms with E-state index in [4.69, 9.17) is 4.74 Å². The van der Waals surface area contributed by atoms with E-state index >= 15 is 0 Å². The Morgan fingerprint density at radius 1 is 1.15 bits per heavy atom. The number of H-pyrrole nitrogens is 2. The van der Waals surface area contributed by atoms with Gasteiger partial charge in [0, 0.05) is 12.5 Å². The topological polar surface area (TPSA) is 95.7 Å². The second-order valence-electron chi connectivity index (χ2n) is 6.81. The fraction of sp³-hybridized carbons (Fsp3) is 0.421. The predicted octanol–water partition coefficient (Wildman–Crippen LogP) is 3.06. The van der Waals surface area contributed by atoms with Crippen LogP contribution in [-0.2, 0) is 17.9 Å². The second kappa shape index (κ2) is 7.59. The van der Waals surface area contributed by atoms with E-state index in [9.17, 15) is 4.79 Å². The first-order valence-corrected chi connectivity index (χ1v) is 9.15. The minimum atomic E-state index is 0.194. The number of hydrogen-bond acceptors (Lipinski definition) is 4. The first kappa shape index (κ1) is 16.6. The van der Waals surface area contributed by atoms with Gasteiger partial charge in [0.05, 0.1) is 6.33 Å². The molecule has 4 rings (SSSR count). The molecule has 0 bridgehead atoms. The monoisotopic (exact) mass is 353 g/mol. The number of carbonyl (C=O) groups is 1. The zero-order chi connectivity index (χ0) is 17.8. The van der Waals surface area contributed by atoms with Crippen molar-refractivity contribution in [1.29, 1.82) is 0 Å². The van der Waals surface area contributed by atoms with E-state index in [1.54, 1.807) is 6.33 Å². The first-order chi connectivity index (χ1) is 12.8. The van der Waals surface area contributed by atoms with E-state index in [-0.39, 0.29) is 11.8 Å². The number of rotatable bonds is 6. The Morgan fingerprint density at radius 3 is 2.73 bits per heavy atom. The third kappa shape index (κ3) is 3.71. The summed E-state index contributed by atoms with van der Waals surface area (Å²) in [6, 6.07) is 8.07. The number of benzene rings is 1. The largest absolute Gasteiger partial charge is 0.470 e. The Hall–Kier alpha value is -2.83. The molecule has 7 nitrogen and oxygen atoms in total. The van der Waals surface area contributed by atoms with Crippen LogP contribution < -0.4 is 10.1 Å². The minimum absolute atomic E-state index is 0.194. The van der Waals surface area contributed by atoms with Crippen LogP contribution in [0.5, 0.6) is 5.88 Å². The summed E-state index contributed by atoms with van der Waals surface area (Å²) in [6.07, 6.45) is 7.27. The van der Waals surface area contributed by atoms with Crippen molar-refractivity contribution in [1.82, 2.24) is 25.5 Å². The molecule has 3 N–H and O–H groups in total. The zero-order valence-electron chi connectivity index (χ0n) is 14.6. The zero-order valence-corrected chi connectivity index (χ0v) is 14.6. The summed E-state index contributed by atoms with van der Waals surface area (Å²) in [5, 5.41) is 9.97. The van der Waals surface area contributed by atoms with Gasteiger partial charge in [-0.1, -0.05) is 43.5 Å². The van der Waals surface area contributed by atoms with Gasteiger partial charge in [-0.05, 0) is 24.0 Å². The molecule has 0 spiro atoms. The molecule has 3 aromatic rings. The Morgan fingerprint density at radius 2 is 1.92 bits per heavy atom. The molecule has 2 aromatic heterocycles. The third-order valence-corrected chi connectivity index (χ3v) is 4.96. The Labute approximate surface area is 151 Å². The average molecular weight is 353 g/mol. The molecular weight excluding hydrogens is 330 g/mol. The Bertz CT molecular complexity index is 862. The van der Waals surface area contributed by atoms with Gasteiger partial charge in [-0.3, -0.25) is 9.89 Å². The smallest absolute Gasteiger partial charge is 0.259 e. The van der Waals surface area contributed by atoms with Crippen molar-refractivity contribution in [2.75, 3.05) is 0 Å². The van der Waals surface area contributed by atoms with Crippen LogP contribution in [0.1, 0.15) is 43.2 Å². The van der Waals surface area contributed by atoms with Gasteiger partial charge in [0.15, 0.2) is 5.65 Å². The molecule has 136 valence electrons. The number of hydrogen-bond donors (Lipinski definition) is 3. The van der Waals surface area contributed by atoms with Crippen molar-refractivity contribution in [3.63, 3.8) is 0 Å². The Kier molecular flexibility index (Phi) is 4.86. The molecule has 0 atom stereocenters. The van der Waals surface area contributed by atoms with E-state index in [2.05, 4.69) is 25.5 Å². The van der Waals surface area contributed by atoms with Gasteiger partial charge in [0.1, 0.15) is 12.1 Å². The van der Waals surface area contributed by atoms with Crippen LogP contribution in [0.3, 0.4) is 0 Å². The average Bonchev–Trinajstić information content (AvgIpc) is 3.30. The number of imidazole rings is 1. The van der Waals surface area contributed by atoms with Crippen molar-refractivity contribution in [3.05, 3.63) is 41.7 Å². The molecule has 1 aliphatic rings. The van der Waals surface area contributed by atoms with Gasteiger partial charge in [-0.2, -0.15) is 0 Å². The van der Waals surface area contributed by atoms with E-state index in [1.165, 1.54) is 19.3 Å². The molecule has 1 saturated carbocycles. The second-order valence-corrected chi connectivity index (χ2v) is 6.81. The summed E-state index contributed by atoms with van der Waals surface area (Å²) >= 11 is 0. The highest BCUT2D eigenvalue weighted by Gasteiger charge is 2.20. The highest BCUT2D eigenvalue weighted by Crippen LogP contribution is 2.23. The molecule has 7 heteroatoms. The molecule has 1 aromatic carbocycles. The lowest BCUT2D eigenvalue weighted by Crippen LogP contribution is -2.31. The molecular formula is C19H23N5O2. The number of aromatic amines is 2. The van der Waals surface area contributed by atoms with E-state index in [0.717, 1.165) is 29.5 Å². The lowest BCUT2D eigenvalue weighted by molar-refractivity contribution is -0.126. The van der Waals surface area contributed by atoms with Gasteiger partial charge in [-0.15, -0.1) is 5.10 Å². The molecule has 1 amide bonds. The van der Waals surface area contributed by atoms with Gasteiger partial charge in [0.2, 0.25) is 5.91 Å². The van der Waals surface area contributed by atoms with Gasteiger partial charge in [-0.25, -0.2) is 4.98 Å². The van der Waals surface area contributed by atoms with Crippen LogP contribution in [-0.4, -0.2) is 26.1 Å². The van der Waals surface area contributed by atoms with E-state index in [1.807, 2.05) is 24.3 Å². The molecule has 0 radical (unpaired) electrons. The highest BCUT2D eigenvalue weighted by atomic mass is 16.5. The summed E-state index contributed by atoms with van der Waals surface area (Å²) in [5.74, 6) is 0.908. The number of nitrogens with zero attached hydrogens (tertiary/aromatic N) is 2. The number of carbonyl (C=O) groups excluding carboxylic acids is 1. The van der Waals surface area contributed by atoms with Crippen molar-refractivity contribution in [2.45, 2.75) is 45.3 Å². The summed E-state index contributed by atoms with van der Waals surface area (Å²) < 4.78 is 5.74. The fourth-order valence-electron chi connectivity index (χ4n) is 3.41. The predicted molar refractivity (Wildman–Crippen MR) is 97.4 cm³/mol. The van der Waals surface area contributed by atoms with Gasteiger partial charge >= 0.3 is 0 Å². The summed E-state index contributed by atoms with van der Waals surface area (Å²) in [4.78, 5) is 19.3. The van der Waals surface area contributed by atoms with Gasteiger partial charge in [0.25, 0.3) is 5.88 Å². The molecule has 1 aliphatic carbocycles. The number of nitrogens with one attached hydrogen (secondary N) is 3. The maximum absolute atomic E-state index is 12.2. The van der Waals surface area contributed by atoms with Crippen molar-refractivity contribution >= 4 is 17.1 Å². The summed E-state index contributed by atoms with van der Waals surface area (Å²) in [6.45, 7) is 0.998. The first-order valence-electron chi connectivity index (χ1n) is 9.15. The Balaban J connectivity index is 1.28. The van der Waals surface area contributed by atoms with Crippen molar-refractivity contribution in [3.8, 4) is 5.88 Å². The fourth-order valence-corrected chi connectivity index (χ4v) is 3.41. The van der Waals surface area contributed by atoms with Crippen molar-refractivity contribution < 1.29 is 9.53 Å². The normalized spacial score (nSPS) is 15.2. The number of fused-ring (bicyclic) bond motifs is 1. The maximum Gasteiger partial charge on any atom is 0.259 e. The van der Waals surface area contributed by atoms with Crippen LogP contribution in [0.4, 0.5) is 0 Å². The third-order valence-electron chi connectivity index (χ3n) is 4.96. The van der Waals surface area contributed by atoms with Crippen molar-refractivity contribution in [2.24, 2.45) is 5.92 Å². The molecule has 1 fully saturated rings. The van der Waals surface area contributed by atoms with Crippen LogP contribution in [0.2, 0.25) is 0 Å². The standard InChI is InChI=1S/C19H23N5O2/c25-18(15-4-2-1-3-5-15)20-10-13-6-8-14(9-7-13)11-26-19-16-17(23-24-19)22-12-21-16/h6-9,12,15H,1-5,10-11H2,(H,20,25)(H2,21,22,23,24). The van der Waals surface area contributed by atoms with E-state index in [0.29, 0.717) is 24.7 Å². The quantitative estimate of drug-likeness (QED) is 0.634.